The highest BCUT2D eigenvalue weighted by Crippen LogP contribution is 2.45. The van der Waals surface area contributed by atoms with E-state index in [-0.39, 0.29) is 29.7 Å². The minimum atomic E-state index is -0.526. The Hall–Kier alpha value is -2.24. The number of ether oxygens (including phenoxy) is 1. The van der Waals surface area contributed by atoms with Gasteiger partial charge in [0.05, 0.1) is 29.5 Å². The molecule has 1 heterocycles. The number of aromatic nitrogens is 1. The smallest absolute Gasteiger partial charge is 0.340 e. The summed E-state index contributed by atoms with van der Waals surface area (Å²) in [5, 5.41) is 10.3. The molecule has 1 N–H and O–H groups in total. The molecule has 3 rings (SSSR count). The van der Waals surface area contributed by atoms with E-state index in [9.17, 15) is 14.3 Å². The Morgan fingerprint density at radius 1 is 1.46 bits per heavy atom. The molecule has 1 aliphatic carbocycles. The summed E-state index contributed by atoms with van der Waals surface area (Å²) in [6, 6.07) is 4.02. The van der Waals surface area contributed by atoms with E-state index in [0.717, 1.165) is 18.5 Å². The summed E-state index contributed by atoms with van der Waals surface area (Å²) >= 11 is 6.34. The SMILES string of the molecule is C=CCCc1nc(C2CC2)c(CO)c(-c2ccc(F)cc2Cl)c1C(=O)OCC. The lowest BCUT2D eigenvalue weighted by Gasteiger charge is -2.21. The topological polar surface area (TPSA) is 59.4 Å². The van der Waals surface area contributed by atoms with Crippen molar-refractivity contribution in [2.45, 2.75) is 45.1 Å². The van der Waals surface area contributed by atoms with E-state index in [1.165, 1.54) is 18.2 Å². The number of hydrogen-bond donors (Lipinski definition) is 1. The van der Waals surface area contributed by atoms with Crippen molar-refractivity contribution in [3.63, 3.8) is 0 Å². The Morgan fingerprint density at radius 2 is 2.21 bits per heavy atom. The van der Waals surface area contributed by atoms with Gasteiger partial charge in [0.15, 0.2) is 0 Å². The molecule has 2 aromatic rings. The van der Waals surface area contributed by atoms with Crippen LogP contribution in [0.25, 0.3) is 11.1 Å². The van der Waals surface area contributed by atoms with Gasteiger partial charge in [-0.05, 0) is 50.8 Å². The Morgan fingerprint density at radius 3 is 2.79 bits per heavy atom. The Balaban J connectivity index is 2.35. The molecule has 0 aliphatic heterocycles. The summed E-state index contributed by atoms with van der Waals surface area (Å²) < 4.78 is 18.9. The van der Waals surface area contributed by atoms with Gasteiger partial charge in [0.2, 0.25) is 0 Å². The summed E-state index contributed by atoms with van der Waals surface area (Å²) in [4.78, 5) is 17.6. The number of halogens is 2. The number of esters is 1. The number of carbonyl (C=O) groups is 1. The minimum absolute atomic E-state index is 0.169. The molecule has 1 saturated carbocycles. The summed E-state index contributed by atoms with van der Waals surface area (Å²) in [6.45, 7) is 5.38. The van der Waals surface area contributed by atoms with Gasteiger partial charge in [-0.1, -0.05) is 17.7 Å². The molecule has 4 nitrogen and oxygen atoms in total. The highest BCUT2D eigenvalue weighted by molar-refractivity contribution is 6.33. The second kappa shape index (κ2) is 8.84. The number of aryl methyl sites for hydroxylation is 1. The number of allylic oxidation sites excluding steroid dienone is 1. The predicted molar refractivity (Wildman–Crippen MR) is 107 cm³/mol. The zero-order valence-corrected chi connectivity index (χ0v) is 16.6. The van der Waals surface area contributed by atoms with Gasteiger partial charge in [-0.3, -0.25) is 4.98 Å². The molecule has 148 valence electrons. The quantitative estimate of drug-likeness (QED) is 0.485. The Labute approximate surface area is 169 Å². The number of nitrogens with zero attached hydrogens (tertiary/aromatic N) is 1. The predicted octanol–water partition coefficient (Wildman–Crippen LogP) is 5.21. The van der Waals surface area contributed by atoms with Crippen molar-refractivity contribution in [3.05, 3.63) is 64.2 Å². The monoisotopic (exact) mass is 403 g/mol. The number of aliphatic hydroxyl groups is 1. The molecule has 6 heteroatoms. The molecule has 0 atom stereocenters. The molecule has 0 saturated heterocycles. The summed E-state index contributed by atoms with van der Waals surface area (Å²) in [5.41, 5.74) is 3.19. The average Bonchev–Trinajstić information content (AvgIpc) is 3.50. The van der Waals surface area contributed by atoms with Crippen LogP contribution in [0.4, 0.5) is 4.39 Å². The Kier molecular flexibility index (Phi) is 6.47. The van der Waals surface area contributed by atoms with Crippen LogP contribution in [-0.2, 0) is 17.8 Å². The Bertz CT molecular complexity index is 909. The van der Waals surface area contributed by atoms with E-state index >= 15 is 0 Å². The first kappa shape index (κ1) is 20.5. The van der Waals surface area contributed by atoms with E-state index < -0.39 is 11.8 Å². The van der Waals surface area contributed by atoms with Crippen LogP contribution in [0.5, 0.6) is 0 Å². The number of aliphatic hydroxyl groups excluding tert-OH is 1. The fraction of sp³-hybridized carbons (Fsp3) is 0.364. The summed E-state index contributed by atoms with van der Waals surface area (Å²) in [7, 11) is 0. The molecular weight excluding hydrogens is 381 g/mol. The lowest BCUT2D eigenvalue weighted by Crippen LogP contribution is -2.16. The van der Waals surface area contributed by atoms with Crippen LogP contribution >= 0.6 is 11.6 Å². The third-order valence-corrected chi connectivity index (χ3v) is 5.11. The van der Waals surface area contributed by atoms with E-state index in [1.54, 1.807) is 13.0 Å². The van der Waals surface area contributed by atoms with Crippen molar-refractivity contribution in [2.24, 2.45) is 0 Å². The van der Waals surface area contributed by atoms with E-state index in [4.69, 9.17) is 21.3 Å². The molecule has 1 aliphatic rings. The van der Waals surface area contributed by atoms with Crippen molar-refractivity contribution in [3.8, 4) is 11.1 Å². The van der Waals surface area contributed by atoms with Gasteiger partial charge in [-0.25, -0.2) is 9.18 Å². The second-order valence-corrected chi connectivity index (χ2v) is 7.18. The van der Waals surface area contributed by atoms with Crippen molar-refractivity contribution in [2.75, 3.05) is 6.61 Å². The standard InChI is InChI=1S/C22H23ClFNO3/c1-3-5-6-18-20(22(27)28-4-2)19(15-10-9-14(24)11-17(15)23)16(12-26)21(25-18)13-7-8-13/h3,9-11,13,26H,1,4-8,12H2,2H3. The zero-order valence-electron chi connectivity index (χ0n) is 15.8. The van der Waals surface area contributed by atoms with Crippen LogP contribution in [0, 0.1) is 5.82 Å². The molecule has 0 bridgehead atoms. The van der Waals surface area contributed by atoms with Gasteiger partial charge in [-0.15, -0.1) is 6.58 Å². The van der Waals surface area contributed by atoms with Gasteiger partial charge in [-0.2, -0.15) is 0 Å². The van der Waals surface area contributed by atoms with Gasteiger partial charge in [0.25, 0.3) is 0 Å². The third kappa shape index (κ3) is 4.10. The molecular formula is C22H23ClFNO3. The molecule has 1 aromatic heterocycles. The van der Waals surface area contributed by atoms with Gasteiger partial charge in [0, 0.05) is 28.3 Å². The molecule has 0 radical (unpaired) electrons. The van der Waals surface area contributed by atoms with E-state index in [2.05, 4.69) is 6.58 Å². The first-order valence-electron chi connectivity index (χ1n) is 9.41. The summed E-state index contributed by atoms with van der Waals surface area (Å²) in [6.07, 6.45) is 4.87. The average molecular weight is 404 g/mol. The number of pyridine rings is 1. The number of rotatable bonds is 8. The van der Waals surface area contributed by atoms with Crippen LogP contribution < -0.4 is 0 Å². The number of hydrogen-bond acceptors (Lipinski definition) is 4. The van der Waals surface area contributed by atoms with Gasteiger partial charge >= 0.3 is 5.97 Å². The van der Waals surface area contributed by atoms with Crippen molar-refractivity contribution in [1.82, 2.24) is 4.98 Å². The highest BCUT2D eigenvalue weighted by atomic mass is 35.5. The maximum absolute atomic E-state index is 13.6. The molecule has 1 aromatic carbocycles. The van der Waals surface area contributed by atoms with Gasteiger partial charge in [0.1, 0.15) is 5.82 Å². The van der Waals surface area contributed by atoms with Crippen molar-refractivity contribution >= 4 is 17.6 Å². The summed E-state index contributed by atoms with van der Waals surface area (Å²) in [5.74, 6) is -0.749. The third-order valence-electron chi connectivity index (χ3n) is 4.79. The van der Waals surface area contributed by atoms with Gasteiger partial charge < -0.3 is 9.84 Å². The van der Waals surface area contributed by atoms with Crippen LogP contribution in [0.3, 0.4) is 0 Å². The lowest BCUT2D eigenvalue weighted by atomic mass is 9.90. The van der Waals surface area contributed by atoms with E-state index in [0.29, 0.717) is 35.2 Å². The maximum Gasteiger partial charge on any atom is 0.340 e. The number of carbonyl (C=O) groups excluding carboxylic acids is 1. The zero-order chi connectivity index (χ0) is 20.3. The fourth-order valence-electron chi connectivity index (χ4n) is 3.38. The van der Waals surface area contributed by atoms with E-state index in [1.807, 2.05) is 0 Å². The van der Waals surface area contributed by atoms with Crippen molar-refractivity contribution < 1.29 is 19.0 Å². The van der Waals surface area contributed by atoms with Crippen molar-refractivity contribution in [1.29, 1.82) is 0 Å². The van der Waals surface area contributed by atoms with Crippen LogP contribution in [0.15, 0.2) is 30.9 Å². The molecule has 1 fully saturated rings. The highest BCUT2D eigenvalue weighted by Gasteiger charge is 2.33. The first-order valence-corrected chi connectivity index (χ1v) is 9.79. The van der Waals surface area contributed by atoms with Crippen LogP contribution in [0.1, 0.15) is 59.4 Å². The lowest BCUT2D eigenvalue weighted by molar-refractivity contribution is 0.0525. The largest absolute Gasteiger partial charge is 0.462 e. The number of benzene rings is 1. The first-order chi connectivity index (χ1) is 13.5. The molecule has 0 spiro atoms. The molecule has 0 unspecified atom stereocenters. The van der Waals surface area contributed by atoms with Crippen LogP contribution in [0.2, 0.25) is 5.02 Å². The minimum Gasteiger partial charge on any atom is -0.462 e. The molecule has 28 heavy (non-hydrogen) atoms. The van der Waals surface area contributed by atoms with Crippen LogP contribution in [-0.4, -0.2) is 22.7 Å². The molecule has 0 amide bonds. The maximum atomic E-state index is 13.6. The normalized spacial score (nSPS) is 13.4. The second-order valence-electron chi connectivity index (χ2n) is 6.78. The fourth-order valence-corrected chi connectivity index (χ4v) is 3.64.